The number of fused-ring (bicyclic) bond motifs is 8. The van der Waals surface area contributed by atoms with E-state index in [2.05, 4.69) is 219 Å². The predicted octanol–water partition coefficient (Wildman–Crippen LogP) is 16.7. The number of anilines is 6. The molecule has 2 heteroatoms. The normalized spacial score (nSPS) is 18.3. The van der Waals surface area contributed by atoms with Gasteiger partial charge >= 0.3 is 0 Å². The van der Waals surface area contributed by atoms with Gasteiger partial charge in [-0.05, 0) is 158 Å². The highest BCUT2D eigenvalue weighted by atomic mass is 15.2. The van der Waals surface area contributed by atoms with Gasteiger partial charge in [0.05, 0.1) is 28.4 Å². The summed E-state index contributed by atoms with van der Waals surface area (Å²) in [7, 11) is 0. The number of hydrogen-bond donors (Lipinski definition) is 0. The average molecular weight is 809 g/mol. The van der Waals surface area contributed by atoms with Gasteiger partial charge in [0.25, 0.3) is 0 Å². The van der Waals surface area contributed by atoms with E-state index in [9.17, 15) is 0 Å². The topological polar surface area (TPSA) is 6.48 Å². The molecular formula is C60H60N2. The lowest BCUT2D eigenvalue weighted by Crippen LogP contribution is -2.36. The molecule has 0 bridgehead atoms. The molecule has 0 aromatic heterocycles. The molecule has 2 aliphatic carbocycles. The molecule has 0 saturated carbocycles. The fourth-order valence-corrected chi connectivity index (χ4v) is 11.9. The van der Waals surface area contributed by atoms with Gasteiger partial charge in [0.1, 0.15) is 0 Å². The van der Waals surface area contributed by atoms with Crippen molar-refractivity contribution in [1.82, 2.24) is 0 Å². The lowest BCUT2D eigenvalue weighted by molar-refractivity contribution is 0.331. The summed E-state index contributed by atoms with van der Waals surface area (Å²) >= 11 is 0. The third kappa shape index (κ3) is 5.54. The summed E-state index contributed by atoms with van der Waals surface area (Å²) in [5.74, 6) is 0.0315. The minimum absolute atomic E-state index is 0.0315. The number of aryl methyl sites for hydroxylation is 2. The Morgan fingerprint density at radius 3 is 1.79 bits per heavy atom. The van der Waals surface area contributed by atoms with Crippen LogP contribution in [0.2, 0.25) is 0 Å². The third-order valence-corrected chi connectivity index (χ3v) is 15.4. The molecule has 0 radical (unpaired) electrons. The zero-order valence-corrected chi connectivity index (χ0v) is 38.6. The first-order valence-electron chi connectivity index (χ1n) is 22.9. The first kappa shape index (κ1) is 39.0. The molecule has 4 aliphatic rings. The van der Waals surface area contributed by atoms with E-state index in [0.29, 0.717) is 0 Å². The SMILES string of the molecule is Cc1cc2c3c(c1)N(c1cccc4c1C(C)(C)c1ccccc1-4)c1cc4c(cc1C3c1cc(-c3ccccc3)ccc1N2c1ccc(C(C)(C)C)cc1C)C(C)(C)CCC4(C)C. The van der Waals surface area contributed by atoms with E-state index in [4.69, 9.17) is 0 Å². The van der Waals surface area contributed by atoms with Gasteiger partial charge in [-0.25, -0.2) is 0 Å². The summed E-state index contributed by atoms with van der Waals surface area (Å²) in [6, 6.07) is 51.9. The van der Waals surface area contributed by atoms with Gasteiger partial charge in [-0.1, -0.05) is 153 Å². The van der Waals surface area contributed by atoms with Crippen LogP contribution in [0.25, 0.3) is 22.3 Å². The summed E-state index contributed by atoms with van der Waals surface area (Å²) in [6.45, 7) is 26.3. The Labute approximate surface area is 370 Å². The molecule has 11 rings (SSSR count). The van der Waals surface area contributed by atoms with Crippen molar-refractivity contribution in [3.63, 3.8) is 0 Å². The van der Waals surface area contributed by atoms with E-state index in [0.717, 1.165) is 0 Å². The lowest BCUT2D eigenvalue weighted by atomic mass is 9.61. The second-order valence-electron chi connectivity index (χ2n) is 21.8. The van der Waals surface area contributed by atoms with Crippen molar-refractivity contribution in [3.05, 3.63) is 189 Å². The minimum Gasteiger partial charge on any atom is -0.310 e. The second kappa shape index (κ2) is 13.1. The van der Waals surface area contributed by atoms with Crippen LogP contribution in [0, 0.1) is 13.8 Å². The minimum atomic E-state index is -0.186. The Morgan fingerprint density at radius 2 is 1.10 bits per heavy atom. The highest BCUT2D eigenvalue weighted by Crippen LogP contribution is 2.64. The van der Waals surface area contributed by atoms with Gasteiger partial charge < -0.3 is 9.80 Å². The molecular weight excluding hydrogens is 749 g/mol. The molecule has 7 aromatic carbocycles. The van der Waals surface area contributed by atoms with Gasteiger partial charge in [-0.2, -0.15) is 0 Å². The number of rotatable bonds is 3. The van der Waals surface area contributed by atoms with Crippen molar-refractivity contribution in [2.24, 2.45) is 0 Å². The average Bonchev–Trinajstić information content (AvgIpc) is 3.48. The number of hydrogen-bond acceptors (Lipinski definition) is 2. The third-order valence-electron chi connectivity index (χ3n) is 15.4. The van der Waals surface area contributed by atoms with E-state index >= 15 is 0 Å². The lowest BCUT2D eigenvalue weighted by Gasteiger charge is -2.48. The van der Waals surface area contributed by atoms with Crippen LogP contribution >= 0.6 is 0 Å². The zero-order valence-electron chi connectivity index (χ0n) is 38.6. The molecule has 0 spiro atoms. The molecule has 7 aromatic rings. The molecule has 0 fully saturated rings. The summed E-state index contributed by atoms with van der Waals surface area (Å²) in [6.07, 6.45) is 2.34. The van der Waals surface area contributed by atoms with E-state index in [1.54, 1.807) is 0 Å². The van der Waals surface area contributed by atoms with Gasteiger partial charge in [0, 0.05) is 22.6 Å². The smallest absolute Gasteiger partial charge is 0.0527 e. The van der Waals surface area contributed by atoms with Crippen molar-refractivity contribution < 1.29 is 0 Å². The molecule has 2 nitrogen and oxygen atoms in total. The highest BCUT2D eigenvalue weighted by molar-refractivity contribution is 6.00. The molecule has 310 valence electrons. The van der Waals surface area contributed by atoms with Gasteiger partial charge in [0.2, 0.25) is 0 Å². The molecule has 62 heavy (non-hydrogen) atoms. The standard InChI is InChI=1S/C60H60N2/c1-36-30-52-55-53(31-36)62(50-23-17-21-42-41-20-15-16-22-45(41)60(10,11)56(42)50)51-35-47-46(58(6,7)28-29-59(47,8)9)34-44(51)54(55)43-33-39(38-18-13-12-14-19-38)24-26-49(43)61(52)48-27-25-40(32-37(48)2)57(3,4)5/h12-27,30-35,54H,28-29H2,1-11H3. The van der Waals surface area contributed by atoms with Crippen molar-refractivity contribution in [2.45, 2.75) is 117 Å². The summed E-state index contributed by atoms with van der Waals surface area (Å²) in [5.41, 5.74) is 26.7. The number of nitrogens with zero attached hydrogens (tertiary/aromatic N) is 2. The maximum absolute atomic E-state index is 2.71. The van der Waals surface area contributed by atoms with Crippen LogP contribution in [0.1, 0.15) is 137 Å². The fraction of sp³-hybridized carbons (Fsp3) is 0.300. The Balaban J connectivity index is 1.27. The first-order valence-corrected chi connectivity index (χ1v) is 22.9. The van der Waals surface area contributed by atoms with E-state index in [1.807, 2.05) is 0 Å². The van der Waals surface area contributed by atoms with Crippen LogP contribution in [0.3, 0.4) is 0 Å². The molecule has 0 amide bonds. The van der Waals surface area contributed by atoms with Crippen LogP contribution in [-0.2, 0) is 21.7 Å². The molecule has 1 atom stereocenters. The summed E-state index contributed by atoms with van der Waals surface area (Å²) < 4.78 is 0. The molecule has 2 aliphatic heterocycles. The van der Waals surface area contributed by atoms with E-state index in [-0.39, 0.29) is 27.6 Å². The molecule has 1 unspecified atom stereocenters. The van der Waals surface area contributed by atoms with Crippen molar-refractivity contribution in [1.29, 1.82) is 0 Å². The summed E-state index contributed by atoms with van der Waals surface area (Å²) in [5, 5.41) is 0. The monoisotopic (exact) mass is 808 g/mol. The molecule has 0 N–H and O–H groups in total. The zero-order chi connectivity index (χ0) is 43.2. The summed E-state index contributed by atoms with van der Waals surface area (Å²) in [4.78, 5) is 5.32. The maximum Gasteiger partial charge on any atom is 0.0527 e. The maximum atomic E-state index is 2.71. The number of benzene rings is 7. The van der Waals surface area contributed by atoms with E-state index < -0.39 is 0 Å². The van der Waals surface area contributed by atoms with Crippen molar-refractivity contribution in [3.8, 4) is 22.3 Å². The van der Waals surface area contributed by atoms with Gasteiger partial charge in [0.15, 0.2) is 0 Å². The van der Waals surface area contributed by atoms with Crippen LogP contribution < -0.4 is 9.80 Å². The van der Waals surface area contributed by atoms with Crippen molar-refractivity contribution >= 4 is 34.1 Å². The largest absolute Gasteiger partial charge is 0.310 e. The Hall–Kier alpha value is -5.86. The predicted molar refractivity (Wildman–Crippen MR) is 263 cm³/mol. The first-order chi connectivity index (χ1) is 29.5. The fourth-order valence-electron chi connectivity index (χ4n) is 11.9. The van der Waals surface area contributed by atoms with Gasteiger partial charge in [-0.15, -0.1) is 0 Å². The molecule has 0 saturated heterocycles. The highest BCUT2D eigenvalue weighted by Gasteiger charge is 2.47. The van der Waals surface area contributed by atoms with Crippen molar-refractivity contribution in [2.75, 3.05) is 9.80 Å². The quantitative estimate of drug-likeness (QED) is 0.175. The molecule has 2 heterocycles. The Bertz CT molecular complexity index is 3010. The van der Waals surface area contributed by atoms with Crippen LogP contribution in [0.15, 0.2) is 133 Å². The van der Waals surface area contributed by atoms with Crippen LogP contribution in [0.4, 0.5) is 34.1 Å². The Kier molecular flexibility index (Phi) is 8.23. The van der Waals surface area contributed by atoms with Gasteiger partial charge in [-0.3, -0.25) is 0 Å². The van der Waals surface area contributed by atoms with E-state index in [1.165, 1.54) is 125 Å². The van der Waals surface area contributed by atoms with Crippen LogP contribution in [0.5, 0.6) is 0 Å². The second-order valence-corrected chi connectivity index (χ2v) is 21.8. The Morgan fingerprint density at radius 1 is 0.484 bits per heavy atom. The van der Waals surface area contributed by atoms with Crippen LogP contribution in [-0.4, -0.2) is 0 Å².